The van der Waals surface area contributed by atoms with E-state index < -0.39 is 0 Å². The maximum atomic E-state index is 13.8. The van der Waals surface area contributed by atoms with Gasteiger partial charge in [0.25, 0.3) is 0 Å². The zero-order chi connectivity index (χ0) is 23.8. The lowest BCUT2D eigenvalue weighted by Crippen LogP contribution is -2.27. The Kier molecular flexibility index (Phi) is 5.74. The molecule has 0 fully saturated rings. The van der Waals surface area contributed by atoms with Crippen LogP contribution in [0.25, 0.3) is 0 Å². The van der Waals surface area contributed by atoms with Crippen LogP contribution in [0.1, 0.15) is 47.1 Å². The summed E-state index contributed by atoms with van der Waals surface area (Å²) >= 11 is 0. The quantitative estimate of drug-likeness (QED) is 0.526. The van der Waals surface area contributed by atoms with Crippen molar-refractivity contribution in [3.63, 3.8) is 0 Å². The molecule has 174 valence electrons. The minimum Gasteiger partial charge on any atom is -0.497 e. The number of nitrogens with one attached hydrogen (secondary N) is 2. The predicted octanol–water partition coefficient (Wildman–Crippen LogP) is 5.70. The van der Waals surface area contributed by atoms with Crippen molar-refractivity contribution in [1.29, 1.82) is 0 Å². The summed E-state index contributed by atoms with van der Waals surface area (Å²) in [6.45, 7) is 4.21. The number of benzene rings is 2. The third-order valence-electron chi connectivity index (χ3n) is 6.93. The molecule has 2 aromatic carbocycles. The average molecular weight is 456 g/mol. The van der Waals surface area contributed by atoms with Gasteiger partial charge in [-0.2, -0.15) is 0 Å². The second-order valence-corrected chi connectivity index (χ2v) is 8.99. The van der Waals surface area contributed by atoms with Crippen molar-refractivity contribution < 1.29 is 14.3 Å². The van der Waals surface area contributed by atoms with Crippen molar-refractivity contribution in [2.75, 3.05) is 24.9 Å². The number of allylic oxidation sites excluding steroid dienone is 1. The third kappa shape index (κ3) is 3.89. The van der Waals surface area contributed by atoms with Crippen molar-refractivity contribution >= 4 is 17.2 Å². The van der Waals surface area contributed by atoms with Crippen LogP contribution in [0.4, 0.5) is 11.4 Å². The monoisotopic (exact) mass is 455 g/mol. The molecule has 0 bridgehead atoms. The first kappa shape index (κ1) is 22.0. The van der Waals surface area contributed by atoms with E-state index >= 15 is 0 Å². The van der Waals surface area contributed by atoms with Crippen LogP contribution in [0, 0.1) is 13.8 Å². The highest BCUT2D eigenvalue weighted by Crippen LogP contribution is 2.46. The van der Waals surface area contributed by atoms with E-state index in [1.807, 2.05) is 30.3 Å². The number of carbonyl (C=O) groups excluding carboxylic acids is 1. The van der Waals surface area contributed by atoms with Crippen LogP contribution >= 0.6 is 0 Å². The van der Waals surface area contributed by atoms with Crippen LogP contribution in [0.15, 0.2) is 66.1 Å². The molecule has 1 aromatic heterocycles. The maximum Gasteiger partial charge on any atom is 0.163 e. The number of carbonyl (C=O) groups is 1. The van der Waals surface area contributed by atoms with Crippen molar-refractivity contribution in [3.05, 3.63) is 88.4 Å². The molecule has 0 unspecified atom stereocenters. The number of aromatic nitrogens is 1. The normalized spacial score (nSPS) is 19.4. The summed E-state index contributed by atoms with van der Waals surface area (Å²) in [4.78, 5) is 17.9. The SMILES string of the molecule is COc1ccc(OC)c([C@H]2CC(=O)C3=C(C2)Nc2cc(C)c(C)cc2N[C@H]3c2ccncc2)c1. The number of Topliss-reactive ketones (excluding diaryl/α,β-unsaturated/α-hetero) is 1. The Labute approximate surface area is 200 Å². The fourth-order valence-corrected chi connectivity index (χ4v) is 5.00. The Balaban J connectivity index is 1.63. The fourth-order valence-electron chi connectivity index (χ4n) is 5.00. The van der Waals surface area contributed by atoms with E-state index in [2.05, 4.69) is 41.6 Å². The summed E-state index contributed by atoms with van der Waals surface area (Å²) in [7, 11) is 3.31. The van der Waals surface area contributed by atoms with E-state index in [-0.39, 0.29) is 17.7 Å². The van der Waals surface area contributed by atoms with Crippen LogP contribution in [0.2, 0.25) is 0 Å². The van der Waals surface area contributed by atoms with E-state index in [4.69, 9.17) is 9.47 Å². The molecule has 0 radical (unpaired) electrons. The topological polar surface area (TPSA) is 72.5 Å². The van der Waals surface area contributed by atoms with Crippen molar-refractivity contribution in [2.45, 2.75) is 38.6 Å². The second kappa shape index (κ2) is 8.86. The van der Waals surface area contributed by atoms with E-state index in [9.17, 15) is 4.79 Å². The largest absolute Gasteiger partial charge is 0.497 e. The average Bonchev–Trinajstić information content (AvgIpc) is 3.01. The molecule has 0 saturated heterocycles. The molecule has 0 spiro atoms. The molecule has 34 heavy (non-hydrogen) atoms. The molecule has 2 N–H and O–H groups in total. The third-order valence-corrected chi connectivity index (χ3v) is 6.93. The molecular weight excluding hydrogens is 426 g/mol. The molecule has 2 heterocycles. The number of pyridine rings is 1. The molecule has 2 atom stereocenters. The Hall–Kier alpha value is -3.80. The zero-order valence-corrected chi connectivity index (χ0v) is 19.9. The number of fused-ring (bicyclic) bond motifs is 1. The van der Waals surface area contributed by atoms with Gasteiger partial charge < -0.3 is 20.1 Å². The minimum atomic E-state index is -0.255. The van der Waals surface area contributed by atoms with E-state index in [0.717, 1.165) is 45.3 Å². The number of ketones is 1. The standard InChI is InChI=1S/C28H29N3O3/c1-16-11-22-23(12-17(16)2)31-28(18-7-9-29-10-8-18)27-24(30-22)13-19(14-25(27)32)21-15-20(33-3)5-6-26(21)34-4/h5-12,15,19,28,30-31H,13-14H2,1-4H3/t19-,28+/m1/s1. The van der Waals surface area contributed by atoms with Crippen molar-refractivity contribution in [1.82, 2.24) is 4.98 Å². The number of hydrogen-bond donors (Lipinski definition) is 2. The van der Waals surface area contributed by atoms with Gasteiger partial charge in [0, 0.05) is 41.6 Å². The number of aryl methyl sites for hydroxylation is 2. The van der Waals surface area contributed by atoms with E-state index in [0.29, 0.717) is 12.8 Å². The number of ether oxygens (including phenoxy) is 2. The Morgan fingerprint density at radius 1 is 0.912 bits per heavy atom. The first-order valence-corrected chi connectivity index (χ1v) is 11.5. The molecule has 2 aliphatic rings. The molecule has 0 amide bonds. The molecule has 1 aliphatic heterocycles. The van der Waals surface area contributed by atoms with Gasteiger partial charge in [0.05, 0.1) is 31.6 Å². The predicted molar refractivity (Wildman–Crippen MR) is 134 cm³/mol. The minimum absolute atomic E-state index is 0.0185. The summed E-state index contributed by atoms with van der Waals surface area (Å²) in [5, 5.41) is 7.29. The summed E-state index contributed by atoms with van der Waals surface area (Å²) in [6, 6.07) is 13.8. The summed E-state index contributed by atoms with van der Waals surface area (Å²) in [5.41, 5.74) is 8.11. The van der Waals surface area contributed by atoms with Crippen molar-refractivity contribution in [3.8, 4) is 11.5 Å². The molecule has 3 aromatic rings. The van der Waals surface area contributed by atoms with E-state index in [1.54, 1.807) is 26.6 Å². The van der Waals surface area contributed by atoms with Gasteiger partial charge in [-0.15, -0.1) is 0 Å². The lowest BCUT2D eigenvalue weighted by Gasteiger charge is -2.30. The van der Waals surface area contributed by atoms with Crippen LogP contribution in [0.3, 0.4) is 0 Å². The van der Waals surface area contributed by atoms with Gasteiger partial charge in [-0.1, -0.05) is 0 Å². The number of rotatable bonds is 4. The number of methoxy groups -OCH3 is 2. The Morgan fingerprint density at radius 2 is 1.65 bits per heavy atom. The first-order chi connectivity index (χ1) is 16.5. The molecule has 5 rings (SSSR count). The van der Waals surface area contributed by atoms with E-state index in [1.165, 1.54) is 11.1 Å². The fraction of sp³-hybridized carbons (Fsp3) is 0.286. The molecular formula is C28H29N3O3. The van der Waals surface area contributed by atoms with Gasteiger partial charge in [-0.05, 0) is 79.4 Å². The Morgan fingerprint density at radius 3 is 2.35 bits per heavy atom. The van der Waals surface area contributed by atoms with Crippen molar-refractivity contribution in [2.24, 2.45) is 0 Å². The molecule has 6 nitrogen and oxygen atoms in total. The summed E-state index contributed by atoms with van der Waals surface area (Å²) < 4.78 is 11.1. The first-order valence-electron chi connectivity index (χ1n) is 11.5. The maximum absolute atomic E-state index is 13.8. The second-order valence-electron chi connectivity index (χ2n) is 8.99. The van der Waals surface area contributed by atoms with Gasteiger partial charge >= 0.3 is 0 Å². The summed E-state index contributed by atoms with van der Waals surface area (Å²) in [6.07, 6.45) is 4.64. The molecule has 6 heteroatoms. The number of hydrogen-bond acceptors (Lipinski definition) is 6. The van der Waals surface area contributed by atoms with Crippen LogP contribution in [0.5, 0.6) is 11.5 Å². The number of anilines is 2. The molecule has 0 saturated carbocycles. The van der Waals surface area contributed by atoms with Crippen LogP contribution in [-0.4, -0.2) is 25.0 Å². The van der Waals surface area contributed by atoms with Gasteiger partial charge in [-0.3, -0.25) is 9.78 Å². The smallest absolute Gasteiger partial charge is 0.163 e. The summed E-state index contributed by atoms with van der Waals surface area (Å²) in [5.74, 6) is 1.63. The van der Waals surface area contributed by atoms with Crippen LogP contribution in [-0.2, 0) is 4.79 Å². The Bertz CT molecular complexity index is 1280. The van der Waals surface area contributed by atoms with Gasteiger partial charge in [0.15, 0.2) is 5.78 Å². The highest BCUT2D eigenvalue weighted by Gasteiger charge is 2.37. The lowest BCUT2D eigenvalue weighted by atomic mass is 9.78. The highest BCUT2D eigenvalue weighted by atomic mass is 16.5. The van der Waals surface area contributed by atoms with Gasteiger partial charge in [0.1, 0.15) is 11.5 Å². The van der Waals surface area contributed by atoms with Gasteiger partial charge in [-0.25, -0.2) is 0 Å². The zero-order valence-electron chi connectivity index (χ0n) is 19.9. The highest BCUT2D eigenvalue weighted by molar-refractivity contribution is 6.01. The van der Waals surface area contributed by atoms with Gasteiger partial charge in [0.2, 0.25) is 0 Å². The lowest BCUT2D eigenvalue weighted by molar-refractivity contribution is -0.116. The molecule has 1 aliphatic carbocycles. The number of nitrogens with zero attached hydrogens (tertiary/aromatic N) is 1. The van der Waals surface area contributed by atoms with Crippen LogP contribution < -0.4 is 20.1 Å².